The number of nitrogens with one attached hydrogen (secondary N) is 3. The molecule has 228 valence electrons. The van der Waals surface area contributed by atoms with Crippen molar-refractivity contribution < 1.29 is 9.59 Å². The minimum Gasteiger partial charge on any atom is -0.351 e. The maximum atomic E-state index is 13.8. The van der Waals surface area contributed by atoms with Crippen LogP contribution >= 0.6 is 11.6 Å². The average Bonchev–Trinajstić information content (AvgIpc) is 2.98. The Hall–Kier alpha value is -2.41. The smallest absolute Gasteiger partial charge is 0.237 e. The van der Waals surface area contributed by atoms with E-state index in [1.807, 2.05) is 18.2 Å². The molecule has 3 aliphatic rings. The summed E-state index contributed by atoms with van der Waals surface area (Å²) in [6.07, 6.45) is 9.25. The van der Waals surface area contributed by atoms with Gasteiger partial charge in [0.1, 0.15) is 0 Å². The van der Waals surface area contributed by atoms with Gasteiger partial charge in [-0.25, -0.2) is 0 Å². The van der Waals surface area contributed by atoms with Gasteiger partial charge in [-0.05, 0) is 107 Å². The molecule has 2 heterocycles. The fourth-order valence-electron chi connectivity index (χ4n) is 7.39. The van der Waals surface area contributed by atoms with Crippen LogP contribution in [0.3, 0.4) is 0 Å². The Morgan fingerprint density at radius 2 is 1.67 bits per heavy atom. The van der Waals surface area contributed by atoms with Crippen LogP contribution in [-0.4, -0.2) is 54.0 Å². The number of piperidine rings is 1. The van der Waals surface area contributed by atoms with Crippen molar-refractivity contribution in [2.24, 2.45) is 11.3 Å². The van der Waals surface area contributed by atoms with Crippen molar-refractivity contribution in [3.8, 4) is 0 Å². The zero-order valence-electron chi connectivity index (χ0n) is 25.7. The molecule has 5 rings (SSSR count). The van der Waals surface area contributed by atoms with Crippen LogP contribution < -0.4 is 16.0 Å². The van der Waals surface area contributed by atoms with Gasteiger partial charge in [-0.1, -0.05) is 67.3 Å². The minimum absolute atomic E-state index is 0.0387. The molecule has 0 unspecified atom stereocenters. The number of halogens is 1. The van der Waals surface area contributed by atoms with Crippen molar-refractivity contribution >= 4 is 23.4 Å². The molecule has 0 bridgehead atoms. The van der Waals surface area contributed by atoms with Crippen LogP contribution in [0.25, 0.3) is 0 Å². The van der Waals surface area contributed by atoms with Crippen molar-refractivity contribution in [1.29, 1.82) is 0 Å². The molecule has 0 spiro atoms. The van der Waals surface area contributed by atoms with E-state index >= 15 is 0 Å². The number of carbonyl (C=O) groups excluding carboxylic acids is 2. The molecule has 2 atom stereocenters. The number of likely N-dealkylation sites (tertiary alicyclic amines) is 1. The molecular weight excluding hydrogens is 544 g/mol. The van der Waals surface area contributed by atoms with Gasteiger partial charge in [0.05, 0.1) is 11.5 Å². The molecule has 2 fully saturated rings. The normalized spacial score (nSPS) is 22.1. The topological polar surface area (TPSA) is 73.5 Å². The van der Waals surface area contributed by atoms with Crippen LogP contribution in [0, 0.1) is 11.3 Å². The summed E-state index contributed by atoms with van der Waals surface area (Å²) < 4.78 is 0. The maximum absolute atomic E-state index is 13.8. The molecule has 2 aliphatic heterocycles. The van der Waals surface area contributed by atoms with Crippen LogP contribution in [0.2, 0.25) is 5.02 Å². The molecule has 6 nitrogen and oxygen atoms in total. The third kappa shape index (κ3) is 7.75. The lowest BCUT2D eigenvalue weighted by atomic mass is 9.63. The predicted octanol–water partition coefficient (Wildman–Crippen LogP) is 5.66. The summed E-state index contributed by atoms with van der Waals surface area (Å²) in [5, 5.41) is 10.9. The highest BCUT2D eigenvalue weighted by molar-refractivity contribution is 6.30. The average molecular weight is 593 g/mol. The highest BCUT2D eigenvalue weighted by Gasteiger charge is 2.48. The molecule has 1 saturated carbocycles. The highest BCUT2D eigenvalue weighted by atomic mass is 35.5. The van der Waals surface area contributed by atoms with Crippen molar-refractivity contribution in [3.05, 3.63) is 70.2 Å². The van der Waals surface area contributed by atoms with Crippen LogP contribution in [0.15, 0.2) is 48.5 Å². The number of benzene rings is 2. The first kappa shape index (κ1) is 31.0. The zero-order chi connectivity index (χ0) is 29.7. The van der Waals surface area contributed by atoms with Crippen LogP contribution in [0.5, 0.6) is 0 Å². The molecule has 1 aliphatic carbocycles. The van der Waals surface area contributed by atoms with Crippen LogP contribution in [0.1, 0.15) is 82.4 Å². The lowest BCUT2D eigenvalue weighted by molar-refractivity contribution is -0.141. The fraction of sp³-hybridized carbons (Fsp3) is 0.600. The van der Waals surface area contributed by atoms with Gasteiger partial charge < -0.3 is 20.9 Å². The van der Waals surface area contributed by atoms with Crippen molar-refractivity contribution in [1.82, 2.24) is 20.9 Å². The molecule has 1 saturated heterocycles. The number of fused-ring (bicyclic) bond motifs is 1. The Balaban J connectivity index is 1.27. The maximum Gasteiger partial charge on any atom is 0.237 e. The van der Waals surface area contributed by atoms with E-state index in [0.717, 1.165) is 57.3 Å². The standard InChI is InChI=1S/C35H49ClN4O2/c1-34(2,3)39-33(42)35(28-11-5-4-6-12-28)17-19-40(20-18-35)24-30(21-25-13-15-29(36)16-14-25)38-32(41)31-22-26-9-7-8-10-27(26)23-37-31/h7-10,13-16,28,30-31,37H,4-6,11-12,17-24H2,1-3H3,(H,38,41)(H,39,42)/t30-,31-/m1/s1. The van der Waals surface area contributed by atoms with E-state index in [0.29, 0.717) is 23.9 Å². The molecule has 0 aromatic heterocycles. The number of rotatable bonds is 8. The molecule has 7 heteroatoms. The SMILES string of the molecule is CC(C)(C)NC(=O)C1(C2CCCCC2)CCN(C[C@@H](Cc2ccc(Cl)cc2)NC(=O)[C@H]2Cc3ccccc3CN2)CC1. The number of hydrogen-bond donors (Lipinski definition) is 3. The van der Waals surface area contributed by atoms with Crippen molar-refractivity contribution in [2.75, 3.05) is 19.6 Å². The number of amides is 2. The van der Waals surface area contributed by atoms with Gasteiger partial charge >= 0.3 is 0 Å². The number of carbonyl (C=O) groups is 2. The second-order valence-corrected chi connectivity index (χ2v) is 14.4. The molecular formula is C35H49ClN4O2. The Labute approximate surface area is 257 Å². The van der Waals surface area contributed by atoms with E-state index in [2.05, 4.69) is 72.0 Å². The van der Waals surface area contributed by atoms with E-state index in [4.69, 9.17) is 11.6 Å². The number of hydrogen-bond acceptors (Lipinski definition) is 4. The Kier molecular flexibility index (Phi) is 9.96. The van der Waals surface area contributed by atoms with Gasteiger partial charge in [-0.15, -0.1) is 0 Å². The summed E-state index contributed by atoms with van der Waals surface area (Å²) in [4.78, 5) is 29.9. The van der Waals surface area contributed by atoms with Crippen LogP contribution in [-0.2, 0) is 29.0 Å². The molecule has 42 heavy (non-hydrogen) atoms. The van der Waals surface area contributed by atoms with E-state index < -0.39 is 0 Å². The van der Waals surface area contributed by atoms with Crippen molar-refractivity contribution in [3.63, 3.8) is 0 Å². The van der Waals surface area contributed by atoms with Gasteiger partial charge in [-0.3, -0.25) is 9.59 Å². The Morgan fingerprint density at radius 3 is 2.33 bits per heavy atom. The number of nitrogens with zero attached hydrogens (tertiary/aromatic N) is 1. The summed E-state index contributed by atoms with van der Waals surface area (Å²) in [6, 6.07) is 16.0. The molecule has 2 amide bonds. The first-order chi connectivity index (χ1) is 20.1. The molecule has 2 aromatic carbocycles. The largest absolute Gasteiger partial charge is 0.351 e. The molecule has 2 aromatic rings. The summed E-state index contributed by atoms with van der Waals surface area (Å²) >= 11 is 6.17. The Bertz CT molecular complexity index is 1210. The first-order valence-electron chi connectivity index (χ1n) is 16.0. The zero-order valence-corrected chi connectivity index (χ0v) is 26.4. The Morgan fingerprint density at radius 1 is 1.00 bits per heavy atom. The van der Waals surface area contributed by atoms with E-state index in [-0.39, 0.29) is 34.9 Å². The summed E-state index contributed by atoms with van der Waals surface area (Å²) in [7, 11) is 0. The molecule has 0 radical (unpaired) electrons. The minimum atomic E-state index is -0.293. The summed E-state index contributed by atoms with van der Waals surface area (Å²) in [5.41, 5.74) is 3.14. The second-order valence-electron chi connectivity index (χ2n) is 13.9. The quantitative estimate of drug-likeness (QED) is 0.370. The fourth-order valence-corrected chi connectivity index (χ4v) is 7.52. The third-order valence-electron chi connectivity index (χ3n) is 9.69. The van der Waals surface area contributed by atoms with Gasteiger partial charge in [-0.2, -0.15) is 0 Å². The van der Waals surface area contributed by atoms with Gasteiger partial charge in [0.25, 0.3) is 0 Å². The van der Waals surface area contributed by atoms with E-state index in [1.54, 1.807) is 0 Å². The van der Waals surface area contributed by atoms with E-state index in [1.165, 1.54) is 30.4 Å². The van der Waals surface area contributed by atoms with Gasteiger partial charge in [0, 0.05) is 29.7 Å². The van der Waals surface area contributed by atoms with Gasteiger partial charge in [0.15, 0.2) is 0 Å². The molecule has 3 N–H and O–H groups in total. The summed E-state index contributed by atoms with van der Waals surface area (Å²) in [6.45, 7) is 9.46. The first-order valence-corrected chi connectivity index (χ1v) is 16.4. The lowest BCUT2D eigenvalue weighted by Gasteiger charge is -2.48. The highest BCUT2D eigenvalue weighted by Crippen LogP contribution is 2.46. The van der Waals surface area contributed by atoms with Crippen molar-refractivity contribution in [2.45, 2.75) is 103 Å². The second kappa shape index (κ2) is 13.5. The third-order valence-corrected chi connectivity index (χ3v) is 9.95. The monoisotopic (exact) mass is 592 g/mol. The van der Waals surface area contributed by atoms with E-state index in [9.17, 15) is 9.59 Å². The summed E-state index contributed by atoms with van der Waals surface area (Å²) in [5.74, 6) is 0.762. The van der Waals surface area contributed by atoms with Gasteiger partial charge in [0.2, 0.25) is 11.8 Å². The predicted molar refractivity (Wildman–Crippen MR) is 170 cm³/mol. The lowest BCUT2D eigenvalue weighted by Crippen LogP contribution is -2.58. The van der Waals surface area contributed by atoms with Crippen LogP contribution in [0.4, 0.5) is 0 Å².